The molecule has 0 aromatic heterocycles. The highest BCUT2D eigenvalue weighted by molar-refractivity contribution is 5.89. The second-order valence-corrected chi connectivity index (χ2v) is 6.59. The van der Waals surface area contributed by atoms with E-state index in [-0.39, 0.29) is 18.0 Å². The fraction of sp³-hybridized carbons (Fsp3) is 0.500. The van der Waals surface area contributed by atoms with Crippen molar-refractivity contribution in [1.82, 2.24) is 10.2 Å². The Morgan fingerprint density at radius 1 is 1.00 bits per heavy atom. The summed E-state index contributed by atoms with van der Waals surface area (Å²) in [5, 5.41) is 14.7. The van der Waals surface area contributed by atoms with Gasteiger partial charge in [0.15, 0.2) is 6.10 Å². The third kappa shape index (κ3) is 4.51. The number of anilines is 1. The average Bonchev–Trinajstić information content (AvgIpc) is 3.13. The molecule has 26 heavy (non-hydrogen) atoms. The van der Waals surface area contributed by atoms with Gasteiger partial charge < -0.3 is 25.4 Å². The maximum Gasteiger partial charge on any atom is 0.332 e. The van der Waals surface area contributed by atoms with Crippen LogP contribution in [0.25, 0.3) is 0 Å². The van der Waals surface area contributed by atoms with E-state index in [0.717, 1.165) is 5.69 Å². The van der Waals surface area contributed by atoms with Crippen LogP contribution < -0.4 is 10.6 Å². The third-order valence-corrected chi connectivity index (χ3v) is 4.74. The zero-order chi connectivity index (χ0) is 18.5. The predicted octanol–water partition coefficient (Wildman–Crippen LogP) is 1.43. The number of nitrogens with one attached hydrogen (secondary N) is 2. The highest BCUT2D eigenvalue weighted by Crippen LogP contribution is 2.23. The summed E-state index contributed by atoms with van der Waals surface area (Å²) in [7, 11) is 0. The number of hydrogen-bond acceptors (Lipinski definition) is 4. The SMILES string of the molecule is O=C(Nc1ccccc1)NC1CCN(C(=O)[C@@H]2CC[C@H](C(=O)O)O2)CC1. The molecule has 0 bridgehead atoms. The van der Waals surface area contributed by atoms with Gasteiger partial charge in [-0.3, -0.25) is 4.79 Å². The van der Waals surface area contributed by atoms with E-state index in [1.54, 1.807) is 4.90 Å². The van der Waals surface area contributed by atoms with Crippen LogP contribution >= 0.6 is 0 Å². The summed E-state index contributed by atoms with van der Waals surface area (Å²) < 4.78 is 5.33. The van der Waals surface area contributed by atoms with Crippen LogP contribution in [0.5, 0.6) is 0 Å². The first kappa shape index (κ1) is 18.2. The molecule has 2 aliphatic rings. The van der Waals surface area contributed by atoms with Gasteiger partial charge in [0, 0.05) is 24.8 Å². The molecule has 8 heteroatoms. The van der Waals surface area contributed by atoms with Crippen molar-refractivity contribution >= 4 is 23.6 Å². The lowest BCUT2D eigenvalue weighted by atomic mass is 10.0. The van der Waals surface area contributed by atoms with Crippen molar-refractivity contribution in [3.05, 3.63) is 30.3 Å². The van der Waals surface area contributed by atoms with E-state index in [0.29, 0.717) is 38.8 Å². The maximum absolute atomic E-state index is 12.4. The van der Waals surface area contributed by atoms with Crippen molar-refractivity contribution < 1.29 is 24.2 Å². The molecule has 2 heterocycles. The summed E-state index contributed by atoms with van der Waals surface area (Å²) in [5.74, 6) is -1.17. The van der Waals surface area contributed by atoms with Crippen molar-refractivity contribution in [2.45, 2.75) is 43.9 Å². The Balaban J connectivity index is 1.42. The van der Waals surface area contributed by atoms with Crippen LogP contribution in [0.2, 0.25) is 0 Å². The van der Waals surface area contributed by atoms with Crippen LogP contribution in [0.15, 0.2) is 30.3 Å². The number of ether oxygens (including phenoxy) is 1. The second-order valence-electron chi connectivity index (χ2n) is 6.59. The summed E-state index contributed by atoms with van der Waals surface area (Å²) in [6.07, 6.45) is 0.565. The minimum atomic E-state index is -1.02. The van der Waals surface area contributed by atoms with E-state index >= 15 is 0 Å². The lowest BCUT2D eigenvalue weighted by molar-refractivity contribution is -0.155. The zero-order valence-corrected chi connectivity index (χ0v) is 14.4. The Labute approximate surface area is 151 Å². The van der Waals surface area contributed by atoms with E-state index in [1.807, 2.05) is 30.3 Å². The number of carboxylic acids is 1. The lowest BCUT2D eigenvalue weighted by Crippen LogP contribution is -2.49. The first-order valence-corrected chi connectivity index (χ1v) is 8.82. The van der Waals surface area contributed by atoms with Gasteiger partial charge in [0.2, 0.25) is 0 Å². The van der Waals surface area contributed by atoms with Crippen molar-refractivity contribution in [3.8, 4) is 0 Å². The van der Waals surface area contributed by atoms with Gasteiger partial charge in [-0.15, -0.1) is 0 Å². The van der Waals surface area contributed by atoms with E-state index in [4.69, 9.17) is 9.84 Å². The number of nitrogens with zero attached hydrogens (tertiary/aromatic N) is 1. The molecule has 2 fully saturated rings. The van der Waals surface area contributed by atoms with Crippen LogP contribution in [0.1, 0.15) is 25.7 Å². The fourth-order valence-corrected chi connectivity index (χ4v) is 3.32. The van der Waals surface area contributed by atoms with E-state index in [9.17, 15) is 14.4 Å². The number of aliphatic carboxylic acids is 1. The van der Waals surface area contributed by atoms with Gasteiger partial charge >= 0.3 is 12.0 Å². The molecule has 0 aliphatic carbocycles. The molecule has 2 aliphatic heterocycles. The largest absolute Gasteiger partial charge is 0.479 e. The molecular formula is C18H23N3O5. The molecule has 2 saturated heterocycles. The number of carbonyl (C=O) groups excluding carboxylic acids is 2. The topological polar surface area (TPSA) is 108 Å². The van der Waals surface area contributed by atoms with E-state index < -0.39 is 18.2 Å². The molecule has 0 saturated carbocycles. The Bertz CT molecular complexity index is 658. The number of likely N-dealkylation sites (tertiary alicyclic amines) is 1. The van der Waals surface area contributed by atoms with Crippen molar-refractivity contribution in [3.63, 3.8) is 0 Å². The van der Waals surface area contributed by atoms with Gasteiger partial charge in [0.05, 0.1) is 0 Å². The Morgan fingerprint density at radius 3 is 2.27 bits per heavy atom. The number of carbonyl (C=O) groups is 3. The number of hydrogen-bond donors (Lipinski definition) is 3. The van der Waals surface area contributed by atoms with E-state index in [1.165, 1.54) is 0 Å². The lowest BCUT2D eigenvalue weighted by Gasteiger charge is -2.33. The van der Waals surface area contributed by atoms with Crippen molar-refractivity contribution in [1.29, 1.82) is 0 Å². The molecule has 1 aromatic rings. The summed E-state index contributed by atoms with van der Waals surface area (Å²) in [4.78, 5) is 37.1. The van der Waals surface area contributed by atoms with Crippen LogP contribution in [0.3, 0.4) is 0 Å². The molecule has 2 atom stereocenters. The highest BCUT2D eigenvalue weighted by atomic mass is 16.5. The smallest absolute Gasteiger partial charge is 0.332 e. The maximum atomic E-state index is 12.4. The number of benzene rings is 1. The van der Waals surface area contributed by atoms with Gasteiger partial charge in [0.25, 0.3) is 5.91 Å². The van der Waals surface area contributed by atoms with Crippen LogP contribution in [-0.2, 0) is 14.3 Å². The quantitative estimate of drug-likeness (QED) is 0.752. The van der Waals surface area contributed by atoms with Crippen molar-refractivity contribution in [2.75, 3.05) is 18.4 Å². The molecule has 3 amide bonds. The fourth-order valence-electron chi connectivity index (χ4n) is 3.32. The number of para-hydroxylation sites is 1. The molecule has 140 valence electrons. The van der Waals surface area contributed by atoms with Crippen LogP contribution in [0.4, 0.5) is 10.5 Å². The molecule has 1 aromatic carbocycles. The molecule has 0 spiro atoms. The molecule has 8 nitrogen and oxygen atoms in total. The number of urea groups is 1. The standard InChI is InChI=1S/C18H23N3O5/c22-16(14-6-7-15(26-14)17(23)24)21-10-8-13(9-11-21)20-18(25)19-12-4-2-1-3-5-12/h1-5,13-15H,6-11H2,(H,23,24)(H2,19,20,25)/t14-,15+/m0/s1. The Morgan fingerprint density at radius 2 is 1.65 bits per heavy atom. The number of rotatable bonds is 4. The molecule has 3 N–H and O–H groups in total. The molecule has 0 unspecified atom stereocenters. The highest BCUT2D eigenvalue weighted by Gasteiger charge is 2.37. The predicted molar refractivity (Wildman–Crippen MR) is 93.7 cm³/mol. The zero-order valence-electron chi connectivity index (χ0n) is 14.4. The normalized spacial score (nSPS) is 23.5. The van der Waals surface area contributed by atoms with E-state index in [2.05, 4.69) is 10.6 Å². The summed E-state index contributed by atoms with van der Waals surface area (Å²) in [6, 6.07) is 8.94. The number of amides is 3. The molecule has 3 rings (SSSR count). The summed E-state index contributed by atoms with van der Waals surface area (Å²) in [5.41, 5.74) is 0.726. The first-order chi connectivity index (χ1) is 12.5. The molecular weight excluding hydrogens is 338 g/mol. The number of piperidine rings is 1. The minimum Gasteiger partial charge on any atom is -0.479 e. The summed E-state index contributed by atoms with van der Waals surface area (Å²) in [6.45, 7) is 1.04. The van der Waals surface area contributed by atoms with Gasteiger partial charge in [-0.1, -0.05) is 18.2 Å². The Kier molecular flexibility index (Phi) is 5.72. The van der Waals surface area contributed by atoms with Gasteiger partial charge in [-0.2, -0.15) is 0 Å². The minimum absolute atomic E-state index is 0.000901. The average molecular weight is 361 g/mol. The van der Waals surface area contributed by atoms with Gasteiger partial charge in [-0.05, 0) is 37.8 Å². The third-order valence-electron chi connectivity index (χ3n) is 4.74. The number of carboxylic acid groups (broad SMARTS) is 1. The van der Waals surface area contributed by atoms with Gasteiger partial charge in [-0.25, -0.2) is 9.59 Å². The van der Waals surface area contributed by atoms with Crippen LogP contribution in [-0.4, -0.2) is 59.3 Å². The van der Waals surface area contributed by atoms with Crippen LogP contribution in [0, 0.1) is 0 Å². The van der Waals surface area contributed by atoms with Crippen molar-refractivity contribution in [2.24, 2.45) is 0 Å². The Hall–Kier alpha value is -2.61. The molecule has 0 radical (unpaired) electrons. The first-order valence-electron chi connectivity index (χ1n) is 8.82. The second kappa shape index (κ2) is 8.18. The monoisotopic (exact) mass is 361 g/mol. The summed E-state index contributed by atoms with van der Waals surface area (Å²) >= 11 is 0. The van der Waals surface area contributed by atoms with Gasteiger partial charge in [0.1, 0.15) is 6.10 Å².